The van der Waals surface area contributed by atoms with Crippen LogP contribution < -0.4 is 10.1 Å². The highest BCUT2D eigenvalue weighted by molar-refractivity contribution is 5.85. The van der Waals surface area contributed by atoms with Crippen LogP contribution in [0, 0.1) is 16.7 Å². The summed E-state index contributed by atoms with van der Waals surface area (Å²) in [5, 5.41) is 20.7. The lowest BCUT2D eigenvalue weighted by Crippen LogP contribution is -2.37. The molecule has 6 heteroatoms. The third-order valence-electron chi connectivity index (χ3n) is 4.29. The Bertz CT molecular complexity index is 613. The van der Waals surface area contributed by atoms with Crippen LogP contribution >= 0.6 is 0 Å². The number of aliphatic carboxylic acids is 1. The van der Waals surface area contributed by atoms with Gasteiger partial charge in [-0.25, -0.2) is 0 Å². The summed E-state index contributed by atoms with van der Waals surface area (Å²) in [6.07, 6.45) is 3.68. The lowest BCUT2D eigenvalue weighted by Gasteiger charge is -2.19. The molecule has 0 aliphatic heterocycles. The van der Waals surface area contributed by atoms with Gasteiger partial charge in [-0.2, -0.15) is 5.26 Å². The van der Waals surface area contributed by atoms with Crippen molar-refractivity contribution < 1.29 is 19.4 Å². The molecular formula is C18H22N2O4. The largest absolute Gasteiger partial charge is 0.494 e. The summed E-state index contributed by atoms with van der Waals surface area (Å²) in [4.78, 5) is 22.7. The van der Waals surface area contributed by atoms with Gasteiger partial charge >= 0.3 is 5.97 Å². The zero-order valence-corrected chi connectivity index (χ0v) is 13.6. The molecule has 0 radical (unpaired) electrons. The molecule has 0 atom stereocenters. The number of hydrogen-bond donors (Lipinski definition) is 2. The van der Waals surface area contributed by atoms with E-state index in [1.807, 2.05) is 12.1 Å². The van der Waals surface area contributed by atoms with Crippen molar-refractivity contribution in [3.8, 4) is 11.8 Å². The topological polar surface area (TPSA) is 99.4 Å². The summed E-state index contributed by atoms with van der Waals surface area (Å²) >= 11 is 0. The third kappa shape index (κ3) is 4.72. The van der Waals surface area contributed by atoms with Gasteiger partial charge in [0.15, 0.2) is 0 Å². The van der Waals surface area contributed by atoms with Gasteiger partial charge in [0, 0.05) is 13.0 Å². The van der Waals surface area contributed by atoms with E-state index in [0.717, 1.165) is 18.4 Å². The van der Waals surface area contributed by atoms with E-state index < -0.39 is 11.4 Å². The highest BCUT2D eigenvalue weighted by Crippen LogP contribution is 2.37. The fourth-order valence-electron chi connectivity index (χ4n) is 2.84. The molecule has 0 spiro atoms. The Morgan fingerprint density at radius 1 is 1.25 bits per heavy atom. The molecule has 1 amide bonds. The molecule has 0 heterocycles. The van der Waals surface area contributed by atoms with Crippen molar-refractivity contribution in [1.29, 1.82) is 5.26 Å². The molecule has 1 aliphatic carbocycles. The molecule has 0 unspecified atom stereocenters. The molecule has 1 fully saturated rings. The van der Waals surface area contributed by atoms with Gasteiger partial charge in [-0.1, -0.05) is 25.0 Å². The van der Waals surface area contributed by atoms with Gasteiger partial charge in [0.05, 0.1) is 12.7 Å². The highest BCUT2D eigenvalue weighted by Gasteiger charge is 2.41. The number of nitrogens with zero attached hydrogens (tertiary/aromatic N) is 1. The first-order valence-corrected chi connectivity index (χ1v) is 8.19. The Balaban J connectivity index is 1.78. The van der Waals surface area contributed by atoms with Crippen LogP contribution in [0.1, 0.15) is 44.1 Å². The van der Waals surface area contributed by atoms with Crippen LogP contribution in [0.2, 0.25) is 0 Å². The maximum absolute atomic E-state index is 12.3. The Hall–Kier alpha value is -2.55. The predicted molar refractivity (Wildman–Crippen MR) is 87.2 cm³/mol. The zero-order valence-electron chi connectivity index (χ0n) is 13.6. The molecule has 0 saturated heterocycles. The smallest absolute Gasteiger partial charge is 0.303 e. The number of benzene rings is 1. The summed E-state index contributed by atoms with van der Waals surface area (Å²) in [6, 6.07) is 9.46. The molecule has 2 rings (SSSR count). The van der Waals surface area contributed by atoms with Crippen molar-refractivity contribution in [2.45, 2.75) is 45.1 Å². The van der Waals surface area contributed by atoms with Crippen molar-refractivity contribution in [3.63, 3.8) is 0 Å². The van der Waals surface area contributed by atoms with E-state index >= 15 is 0 Å². The SMILES string of the molecule is N#CC1(C(=O)NCc2ccc(OCCCC(=O)O)cc2)CCCC1. The minimum Gasteiger partial charge on any atom is -0.494 e. The average Bonchev–Trinajstić information content (AvgIpc) is 3.08. The van der Waals surface area contributed by atoms with Crippen molar-refractivity contribution in [2.75, 3.05) is 6.61 Å². The van der Waals surface area contributed by atoms with Gasteiger partial charge in [0.1, 0.15) is 11.2 Å². The second kappa shape index (κ2) is 8.34. The van der Waals surface area contributed by atoms with Crippen LogP contribution in [0.3, 0.4) is 0 Å². The van der Waals surface area contributed by atoms with Gasteiger partial charge in [-0.15, -0.1) is 0 Å². The van der Waals surface area contributed by atoms with Crippen molar-refractivity contribution in [2.24, 2.45) is 5.41 Å². The molecule has 1 aromatic carbocycles. The second-order valence-electron chi connectivity index (χ2n) is 6.07. The molecule has 0 bridgehead atoms. The molecule has 1 saturated carbocycles. The standard InChI is InChI=1S/C18H22N2O4/c19-13-18(9-1-2-10-18)17(23)20-12-14-5-7-15(8-6-14)24-11-3-4-16(21)22/h5-8H,1-4,9-12H2,(H,20,23)(H,21,22). The quantitative estimate of drug-likeness (QED) is 0.714. The Kier molecular flexibility index (Phi) is 6.19. The van der Waals surface area contributed by atoms with Gasteiger partial charge in [0.25, 0.3) is 0 Å². The normalized spacial score (nSPS) is 15.5. The minimum absolute atomic E-state index is 0.0881. The number of carboxylic acids is 1. The van der Waals surface area contributed by atoms with E-state index in [-0.39, 0.29) is 12.3 Å². The van der Waals surface area contributed by atoms with Gasteiger partial charge in [-0.3, -0.25) is 9.59 Å². The van der Waals surface area contributed by atoms with E-state index in [0.29, 0.717) is 38.2 Å². The van der Waals surface area contributed by atoms with Crippen molar-refractivity contribution in [3.05, 3.63) is 29.8 Å². The lowest BCUT2D eigenvalue weighted by atomic mass is 9.87. The molecule has 6 nitrogen and oxygen atoms in total. The molecule has 2 N–H and O–H groups in total. The number of amides is 1. The minimum atomic E-state index is -0.854. The molecular weight excluding hydrogens is 308 g/mol. The highest BCUT2D eigenvalue weighted by atomic mass is 16.5. The number of nitrogens with one attached hydrogen (secondary N) is 1. The lowest BCUT2D eigenvalue weighted by molar-refractivity contribution is -0.137. The monoisotopic (exact) mass is 330 g/mol. The molecule has 128 valence electrons. The fourth-order valence-corrected chi connectivity index (χ4v) is 2.84. The molecule has 1 aliphatic rings. The molecule has 1 aromatic rings. The maximum Gasteiger partial charge on any atom is 0.303 e. The number of carboxylic acid groups (broad SMARTS) is 1. The van der Waals surface area contributed by atoms with E-state index in [1.54, 1.807) is 12.1 Å². The van der Waals surface area contributed by atoms with Crippen molar-refractivity contribution in [1.82, 2.24) is 5.32 Å². The second-order valence-corrected chi connectivity index (χ2v) is 6.07. The summed E-state index contributed by atoms with van der Waals surface area (Å²) in [6.45, 7) is 0.731. The first-order chi connectivity index (χ1) is 11.6. The van der Waals surface area contributed by atoms with Crippen molar-refractivity contribution >= 4 is 11.9 Å². The number of nitriles is 1. The van der Waals surface area contributed by atoms with Gasteiger partial charge in [0.2, 0.25) is 5.91 Å². The fraction of sp³-hybridized carbons (Fsp3) is 0.500. The number of hydrogen-bond acceptors (Lipinski definition) is 4. The summed E-state index contributed by atoms with van der Waals surface area (Å²) in [5.41, 5.74) is 0.0695. The first kappa shape index (κ1) is 17.8. The number of ether oxygens (including phenoxy) is 1. The Morgan fingerprint density at radius 3 is 2.50 bits per heavy atom. The third-order valence-corrected chi connectivity index (χ3v) is 4.29. The summed E-state index contributed by atoms with van der Waals surface area (Å²) < 4.78 is 5.46. The van der Waals surface area contributed by atoms with E-state index in [9.17, 15) is 14.9 Å². The summed E-state index contributed by atoms with van der Waals surface area (Å²) in [5.74, 6) is -0.349. The van der Waals surface area contributed by atoms with E-state index in [1.165, 1.54) is 0 Å². The molecule has 24 heavy (non-hydrogen) atoms. The Labute approximate surface area is 141 Å². The number of carbonyl (C=O) groups is 2. The van der Waals surface area contributed by atoms with Crippen LogP contribution in [0.15, 0.2) is 24.3 Å². The zero-order chi connectivity index (χ0) is 17.4. The van der Waals surface area contributed by atoms with Crippen LogP contribution in [-0.4, -0.2) is 23.6 Å². The first-order valence-electron chi connectivity index (χ1n) is 8.19. The molecule has 0 aromatic heterocycles. The van der Waals surface area contributed by atoms with E-state index in [4.69, 9.17) is 9.84 Å². The van der Waals surface area contributed by atoms with E-state index in [2.05, 4.69) is 11.4 Å². The Morgan fingerprint density at radius 2 is 1.92 bits per heavy atom. The van der Waals surface area contributed by atoms with Gasteiger partial charge in [-0.05, 0) is 37.0 Å². The predicted octanol–water partition coefficient (Wildman–Crippen LogP) is 2.63. The number of carbonyl (C=O) groups excluding carboxylic acids is 1. The number of rotatable bonds is 8. The summed E-state index contributed by atoms with van der Waals surface area (Å²) in [7, 11) is 0. The van der Waals surface area contributed by atoms with Crippen LogP contribution in [-0.2, 0) is 16.1 Å². The average molecular weight is 330 g/mol. The maximum atomic E-state index is 12.3. The van der Waals surface area contributed by atoms with Crippen LogP contribution in [0.4, 0.5) is 0 Å². The van der Waals surface area contributed by atoms with Crippen LogP contribution in [0.25, 0.3) is 0 Å². The van der Waals surface area contributed by atoms with Crippen LogP contribution in [0.5, 0.6) is 5.75 Å². The van der Waals surface area contributed by atoms with Gasteiger partial charge < -0.3 is 15.2 Å².